The normalized spacial score (nSPS) is 11.6. The van der Waals surface area contributed by atoms with Crippen molar-refractivity contribution in [3.8, 4) is 56.2 Å². The van der Waals surface area contributed by atoms with E-state index < -0.39 is 0 Å². The van der Waals surface area contributed by atoms with Crippen LogP contribution >= 0.6 is 0 Å². The van der Waals surface area contributed by atoms with Gasteiger partial charge in [0, 0.05) is 39.0 Å². The predicted molar refractivity (Wildman–Crippen MR) is 227 cm³/mol. The Morgan fingerprint density at radius 2 is 1.02 bits per heavy atom. The molecule has 0 N–H and O–H groups in total. The van der Waals surface area contributed by atoms with Gasteiger partial charge in [0.05, 0.1) is 16.9 Å². The summed E-state index contributed by atoms with van der Waals surface area (Å²) in [5, 5.41) is 8.12. The van der Waals surface area contributed by atoms with Crippen LogP contribution in [0, 0.1) is 0 Å². The van der Waals surface area contributed by atoms with Gasteiger partial charge in [0.2, 0.25) is 0 Å². The summed E-state index contributed by atoms with van der Waals surface area (Å²) >= 11 is 0. The van der Waals surface area contributed by atoms with E-state index in [2.05, 4.69) is 146 Å². The van der Waals surface area contributed by atoms with Crippen molar-refractivity contribution in [2.75, 3.05) is 0 Å². The third-order valence-electron chi connectivity index (χ3n) is 10.7. The Kier molecular flexibility index (Phi) is 7.14. The van der Waals surface area contributed by atoms with E-state index in [0.29, 0.717) is 5.82 Å². The number of aromatic nitrogens is 3. The Labute approximate surface area is 317 Å². The maximum atomic E-state index is 6.53. The van der Waals surface area contributed by atoms with Gasteiger partial charge in [0.25, 0.3) is 0 Å². The minimum atomic E-state index is 0.652. The molecular formula is C51H31N3O. The molecule has 11 rings (SSSR count). The van der Waals surface area contributed by atoms with Crippen molar-refractivity contribution in [1.29, 1.82) is 0 Å². The van der Waals surface area contributed by atoms with Gasteiger partial charge in [-0.25, -0.2) is 9.97 Å². The highest BCUT2D eigenvalue weighted by Crippen LogP contribution is 2.41. The fraction of sp³-hybridized carbons (Fsp3) is 0. The van der Waals surface area contributed by atoms with E-state index in [-0.39, 0.29) is 0 Å². The lowest BCUT2D eigenvalue weighted by Gasteiger charge is -2.16. The molecule has 0 atom stereocenters. The van der Waals surface area contributed by atoms with Crippen LogP contribution < -0.4 is 0 Å². The minimum Gasteiger partial charge on any atom is -0.455 e. The van der Waals surface area contributed by atoms with Crippen LogP contribution in [-0.2, 0) is 0 Å². The molecule has 0 fully saturated rings. The number of nitrogens with zero attached hydrogens (tertiary/aromatic N) is 3. The fourth-order valence-electron chi connectivity index (χ4n) is 8.13. The van der Waals surface area contributed by atoms with E-state index in [9.17, 15) is 0 Å². The zero-order valence-corrected chi connectivity index (χ0v) is 29.6. The predicted octanol–water partition coefficient (Wildman–Crippen LogP) is 13.6. The molecular weight excluding hydrogens is 671 g/mol. The maximum Gasteiger partial charge on any atom is 0.160 e. The number of benzene rings is 8. The lowest BCUT2D eigenvalue weighted by molar-refractivity contribution is 0.670. The highest BCUT2D eigenvalue weighted by atomic mass is 16.3. The van der Waals surface area contributed by atoms with Crippen molar-refractivity contribution in [2.24, 2.45) is 0 Å². The Bertz CT molecular complexity index is 3270. The van der Waals surface area contributed by atoms with Gasteiger partial charge in [-0.3, -0.25) is 4.98 Å². The number of hydrogen-bond acceptors (Lipinski definition) is 4. The zero-order chi connectivity index (χ0) is 36.3. The molecule has 0 spiro atoms. The SMILES string of the molecule is c1ccc(-c2nc(-c3cc(-c4cccc5ncccc45)cc(-c4cc5ccccc5c5ccccc45)c3)cc(-c3cccc4c3oc3ccccc34)n2)cc1. The van der Waals surface area contributed by atoms with Gasteiger partial charge in [-0.05, 0) is 98.4 Å². The molecule has 4 nitrogen and oxygen atoms in total. The molecule has 4 heteroatoms. The van der Waals surface area contributed by atoms with Crippen LogP contribution in [0.5, 0.6) is 0 Å². The Morgan fingerprint density at radius 1 is 0.364 bits per heavy atom. The second-order valence-electron chi connectivity index (χ2n) is 14.0. The topological polar surface area (TPSA) is 51.8 Å². The first-order valence-corrected chi connectivity index (χ1v) is 18.5. The number of fused-ring (bicyclic) bond motifs is 7. The van der Waals surface area contributed by atoms with Gasteiger partial charge in [0.1, 0.15) is 11.2 Å². The standard InChI is InChI=1S/C51H31N3O/c1-2-13-32(14-3-1)51-53-47(31-48(54-51)44-22-10-21-43-42-19-8-9-25-49(42)55-50(43)44)36-28-34(38-20-11-24-46-41(38)23-12-26-52-46)27-35(29-36)45-30-33-15-4-5-16-37(33)39-17-6-7-18-40(39)45/h1-31H. The molecule has 0 radical (unpaired) electrons. The molecule has 0 saturated heterocycles. The molecule has 11 aromatic rings. The largest absolute Gasteiger partial charge is 0.455 e. The van der Waals surface area contributed by atoms with Crippen LogP contribution in [0.3, 0.4) is 0 Å². The van der Waals surface area contributed by atoms with Gasteiger partial charge in [-0.15, -0.1) is 0 Å². The second kappa shape index (κ2) is 12.6. The monoisotopic (exact) mass is 701 g/mol. The van der Waals surface area contributed by atoms with E-state index in [1.54, 1.807) is 0 Å². The molecule has 256 valence electrons. The quantitative estimate of drug-likeness (QED) is 0.168. The molecule has 0 aliphatic heterocycles. The average molecular weight is 702 g/mol. The number of para-hydroxylation sites is 2. The number of furan rings is 1. The molecule has 55 heavy (non-hydrogen) atoms. The second-order valence-corrected chi connectivity index (χ2v) is 14.0. The summed E-state index contributed by atoms with van der Waals surface area (Å²) in [7, 11) is 0. The molecule has 8 aromatic carbocycles. The van der Waals surface area contributed by atoms with E-state index >= 15 is 0 Å². The summed E-state index contributed by atoms with van der Waals surface area (Å²) in [6, 6.07) is 63.9. The van der Waals surface area contributed by atoms with Crippen LogP contribution in [0.1, 0.15) is 0 Å². The van der Waals surface area contributed by atoms with E-state index in [4.69, 9.17) is 19.4 Å². The smallest absolute Gasteiger partial charge is 0.160 e. The molecule has 0 amide bonds. The van der Waals surface area contributed by atoms with Crippen molar-refractivity contribution in [3.05, 3.63) is 188 Å². The fourth-order valence-corrected chi connectivity index (χ4v) is 8.13. The summed E-state index contributed by atoms with van der Waals surface area (Å²) in [4.78, 5) is 15.2. The highest BCUT2D eigenvalue weighted by molar-refractivity contribution is 6.14. The van der Waals surface area contributed by atoms with Gasteiger partial charge < -0.3 is 4.42 Å². The maximum absolute atomic E-state index is 6.53. The molecule has 0 aliphatic rings. The third kappa shape index (κ3) is 5.26. The van der Waals surface area contributed by atoms with Crippen LogP contribution in [-0.4, -0.2) is 15.0 Å². The van der Waals surface area contributed by atoms with E-state index in [1.807, 2.05) is 42.6 Å². The van der Waals surface area contributed by atoms with Crippen LogP contribution in [0.2, 0.25) is 0 Å². The first-order chi connectivity index (χ1) is 27.2. The number of pyridine rings is 1. The molecule has 3 heterocycles. The summed E-state index contributed by atoms with van der Waals surface area (Å²) in [6.45, 7) is 0. The van der Waals surface area contributed by atoms with Crippen molar-refractivity contribution in [1.82, 2.24) is 15.0 Å². The third-order valence-corrected chi connectivity index (χ3v) is 10.7. The molecule has 3 aromatic heterocycles. The summed E-state index contributed by atoms with van der Waals surface area (Å²) < 4.78 is 6.53. The lowest BCUT2D eigenvalue weighted by atomic mass is 9.89. The van der Waals surface area contributed by atoms with Crippen LogP contribution in [0.15, 0.2) is 193 Å². The molecule has 0 unspecified atom stereocenters. The van der Waals surface area contributed by atoms with E-state index in [0.717, 1.165) is 77.6 Å². The Hall–Kier alpha value is -7.43. The van der Waals surface area contributed by atoms with Crippen LogP contribution in [0.25, 0.3) is 111 Å². The highest BCUT2D eigenvalue weighted by Gasteiger charge is 2.19. The van der Waals surface area contributed by atoms with Crippen molar-refractivity contribution in [3.63, 3.8) is 0 Å². The average Bonchev–Trinajstić information content (AvgIpc) is 3.65. The van der Waals surface area contributed by atoms with Crippen molar-refractivity contribution in [2.45, 2.75) is 0 Å². The van der Waals surface area contributed by atoms with E-state index in [1.165, 1.54) is 27.1 Å². The zero-order valence-electron chi connectivity index (χ0n) is 29.6. The Balaban J connectivity index is 1.21. The first-order valence-electron chi connectivity index (χ1n) is 18.5. The minimum absolute atomic E-state index is 0.652. The molecule has 0 aliphatic carbocycles. The van der Waals surface area contributed by atoms with Crippen molar-refractivity contribution >= 4 is 54.4 Å². The summed E-state index contributed by atoms with van der Waals surface area (Å²) in [5.41, 5.74) is 11.6. The van der Waals surface area contributed by atoms with Gasteiger partial charge in [-0.2, -0.15) is 0 Å². The van der Waals surface area contributed by atoms with Crippen LogP contribution in [0.4, 0.5) is 0 Å². The summed E-state index contributed by atoms with van der Waals surface area (Å²) in [5.74, 6) is 0.652. The first kappa shape index (κ1) is 31.1. The van der Waals surface area contributed by atoms with Gasteiger partial charge in [0.15, 0.2) is 5.82 Å². The molecule has 0 saturated carbocycles. The van der Waals surface area contributed by atoms with Crippen molar-refractivity contribution < 1.29 is 4.42 Å². The summed E-state index contributed by atoms with van der Waals surface area (Å²) in [6.07, 6.45) is 1.85. The number of hydrogen-bond donors (Lipinski definition) is 0. The lowest BCUT2D eigenvalue weighted by Crippen LogP contribution is -1.97. The Morgan fingerprint density at radius 3 is 1.91 bits per heavy atom. The van der Waals surface area contributed by atoms with Gasteiger partial charge in [-0.1, -0.05) is 127 Å². The molecule has 0 bridgehead atoms. The number of rotatable bonds is 5. The van der Waals surface area contributed by atoms with Gasteiger partial charge >= 0.3 is 0 Å².